The second kappa shape index (κ2) is 8.00. The van der Waals surface area contributed by atoms with E-state index in [1.807, 2.05) is 0 Å². The van der Waals surface area contributed by atoms with Gasteiger partial charge in [-0.1, -0.05) is 6.07 Å². The maximum Gasteiger partial charge on any atom is 0.224 e. The Kier molecular flexibility index (Phi) is 7.47. The lowest BCUT2D eigenvalue weighted by Crippen LogP contribution is -2.32. The molecule has 0 saturated carbocycles. The van der Waals surface area contributed by atoms with Crippen LogP contribution in [0.3, 0.4) is 0 Å². The van der Waals surface area contributed by atoms with E-state index in [9.17, 15) is 13.6 Å². The summed E-state index contributed by atoms with van der Waals surface area (Å²) >= 11 is 0. The fourth-order valence-electron chi connectivity index (χ4n) is 1.53. The van der Waals surface area contributed by atoms with Gasteiger partial charge < -0.3 is 10.6 Å². The van der Waals surface area contributed by atoms with Crippen LogP contribution in [0.2, 0.25) is 0 Å². The minimum atomic E-state index is -0.635. The molecule has 0 aromatic heterocycles. The molecule has 18 heavy (non-hydrogen) atoms. The van der Waals surface area contributed by atoms with Crippen LogP contribution in [0.4, 0.5) is 8.78 Å². The van der Waals surface area contributed by atoms with Gasteiger partial charge in [0.05, 0.1) is 6.54 Å². The van der Waals surface area contributed by atoms with E-state index < -0.39 is 11.6 Å². The molecule has 2 N–H and O–H groups in total. The van der Waals surface area contributed by atoms with Gasteiger partial charge in [-0.2, -0.15) is 0 Å². The van der Waals surface area contributed by atoms with E-state index in [2.05, 4.69) is 0 Å². The predicted octanol–water partition coefficient (Wildman–Crippen LogP) is 2.08. The highest BCUT2D eigenvalue weighted by Crippen LogP contribution is 2.15. The van der Waals surface area contributed by atoms with E-state index >= 15 is 0 Å². The van der Waals surface area contributed by atoms with E-state index in [1.54, 1.807) is 6.92 Å². The van der Waals surface area contributed by atoms with Gasteiger partial charge in [0.2, 0.25) is 5.91 Å². The van der Waals surface area contributed by atoms with E-state index in [-0.39, 0.29) is 43.4 Å². The van der Waals surface area contributed by atoms with Crippen molar-refractivity contribution in [3.05, 3.63) is 35.4 Å². The Balaban J connectivity index is 0.00000289. The van der Waals surface area contributed by atoms with Crippen LogP contribution in [-0.2, 0) is 11.3 Å². The minimum Gasteiger partial charge on any atom is -0.338 e. The molecule has 1 aromatic rings. The van der Waals surface area contributed by atoms with Gasteiger partial charge >= 0.3 is 0 Å². The third kappa shape index (κ3) is 4.23. The van der Waals surface area contributed by atoms with Crippen LogP contribution >= 0.6 is 12.4 Å². The number of rotatable bonds is 5. The lowest BCUT2D eigenvalue weighted by Gasteiger charge is -2.21. The van der Waals surface area contributed by atoms with Crippen molar-refractivity contribution in [2.75, 3.05) is 13.1 Å². The maximum atomic E-state index is 13.4. The van der Waals surface area contributed by atoms with Gasteiger partial charge in [0, 0.05) is 25.1 Å². The summed E-state index contributed by atoms with van der Waals surface area (Å²) in [5.74, 6) is -1.47. The summed E-state index contributed by atoms with van der Waals surface area (Å²) in [7, 11) is 0. The first kappa shape index (κ1) is 16.8. The molecular formula is C12H17ClF2N2O. The van der Waals surface area contributed by atoms with Crippen LogP contribution in [-0.4, -0.2) is 23.9 Å². The first-order valence-corrected chi connectivity index (χ1v) is 5.50. The Morgan fingerprint density at radius 2 is 1.89 bits per heavy atom. The molecule has 3 nitrogen and oxygen atoms in total. The zero-order valence-corrected chi connectivity index (χ0v) is 11.0. The average Bonchev–Trinajstić information content (AvgIpc) is 2.29. The highest BCUT2D eigenvalue weighted by Gasteiger charge is 2.16. The van der Waals surface area contributed by atoms with Crippen LogP contribution in [0, 0.1) is 11.6 Å². The molecule has 102 valence electrons. The fraction of sp³-hybridized carbons (Fsp3) is 0.417. The SMILES string of the molecule is CCN(Cc1c(F)cccc1F)C(=O)CCN.Cl. The summed E-state index contributed by atoms with van der Waals surface area (Å²) in [6.07, 6.45) is 0.184. The molecule has 1 amide bonds. The van der Waals surface area contributed by atoms with Gasteiger partial charge in [-0.25, -0.2) is 8.78 Å². The topological polar surface area (TPSA) is 46.3 Å². The Labute approximate surface area is 111 Å². The maximum absolute atomic E-state index is 13.4. The Hall–Kier alpha value is -1.20. The number of nitrogens with two attached hydrogens (primary N) is 1. The fourth-order valence-corrected chi connectivity index (χ4v) is 1.53. The Bertz CT molecular complexity index is 381. The third-order valence-corrected chi connectivity index (χ3v) is 2.50. The number of amides is 1. The Morgan fingerprint density at radius 1 is 1.33 bits per heavy atom. The second-order valence-electron chi connectivity index (χ2n) is 3.65. The molecule has 1 aromatic carbocycles. The number of nitrogens with zero attached hydrogens (tertiary/aromatic N) is 1. The standard InChI is InChI=1S/C12H16F2N2O.ClH/c1-2-16(12(17)6-7-15)8-9-10(13)4-3-5-11(9)14;/h3-5H,2,6-8,15H2,1H3;1H. The normalized spacial score (nSPS) is 9.78. The highest BCUT2D eigenvalue weighted by atomic mass is 35.5. The third-order valence-electron chi connectivity index (χ3n) is 2.50. The van der Waals surface area contributed by atoms with Gasteiger partial charge in [0.15, 0.2) is 0 Å². The Morgan fingerprint density at radius 3 is 2.33 bits per heavy atom. The van der Waals surface area contributed by atoms with Crippen molar-refractivity contribution >= 4 is 18.3 Å². The van der Waals surface area contributed by atoms with Crippen molar-refractivity contribution in [2.24, 2.45) is 5.73 Å². The molecule has 0 aliphatic rings. The summed E-state index contributed by atoms with van der Waals surface area (Å²) in [6, 6.07) is 3.66. The lowest BCUT2D eigenvalue weighted by atomic mass is 10.1. The first-order valence-electron chi connectivity index (χ1n) is 5.50. The molecular weight excluding hydrogens is 262 g/mol. The first-order chi connectivity index (χ1) is 8.10. The molecule has 0 saturated heterocycles. The summed E-state index contributed by atoms with van der Waals surface area (Å²) in [5.41, 5.74) is 5.20. The number of carbonyl (C=O) groups is 1. The molecule has 0 spiro atoms. The minimum absolute atomic E-state index is 0. The number of halogens is 3. The van der Waals surface area contributed by atoms with Gasteiger partial charge in [-0.15, -0.1) is 12.4 Å². The molecule has 0 radical (unpaired) electrons. The van der Waals surface area contributed by atoms with Crippen LogP contribution in [0.25, 0.3) is 0 Å². The summed E-state index contributed by atoms with van der Waals surface area (Å²) in [5, 5.41) is 0. The van der Waals surface area contributed by atoms with E-state index in [0.29, 0.717) is 6.54 Å². The van der Waals surface area contributed by atoms with Crippen molar-refractivity contribution in [1.29, 1.82) is 0 Å². The summed E-state index contributed by atoms with van der Waals surface area (Å²) in [6.45, 7) is 2.32. The van der Waals surface area contributed by atoms with E-state index in [4.69, 9.17) is 5.73 Å². The predicted molar refractivity (Wildman–Crippen MR) is 68.4 cm³/mol. The number of hydrogen-bond acceptors (Lipinski definition) is 2. The molecule has 1 rings (SSSR count). The van der Waals surface area contributed by atoms with Crippen LogP contribution in [0.5, 0.6) is 0 Å². The molecule has 0 aliphatic carbocycles. The zero-order chi connectivity index (χ0) is 12.8. The number of hydrogen-bond donors (Lipinski definition) is 1. The van der Waals surface area contributed by atoms with Gasteiger partial charge in [-0.05, 0) is 19.1 Å². The van der Waals surface area contributed by atoms with Crippen LogP contribution in [0.15, 0.2) is 18.2 Å². The summed E-state index contributed by atoms with van der Waals surface area (Å²) in [4.78, 5) is 13.0. The molecule has 0 heterocycles. The lowest BCUT2D eigenvalue weighted by molar-refractivity contribution is -0.131. The van der Waals surface area contributed by atoms with Crippen molar-refractivity contribution in [1.82, 2.24) is 4.90 Å². The van der Waals surface area contributed by atoms with E-state index in [1.165, 1.54) is 23.1 Å². The molecule has 0 fully saturated rings. The molecule has 0 atom stereocenters. The van der Waals surface area contributed by atoms with Gasteiger partial charge in [0.1, 0.15) is 11.6 Å². The second-order valence-corrected chi connectivity index (χ2v) is 3.65. The highest BCUT2D eigenvalue weighted by molar-refractivity contribution is 5.85. The largest absolute Gasteiger partial charge is 0.338 e. The monoisotopic (exact) mass is 278 g/mol. The van der Waals surface area contributed by atoms with E-state index in [0.717, 1.165) is 0 Å². The summed E-state index contributed by atoms with van der Waals surface area (Å²) < 4.78 is 26.8. The smallest absolute Gasteiger partial charge is 0.224 e. The van der Waals surface area contributed by atoms with Crippen LogP contribution < -0.4 is 5.73 Å². The zero-order valence-electron chi connectivity index (χ0n) is 10.2. The quantitative estimate of drug-likeness (QED) is 0.896. The molecule has 0 bridgehead atoms. The van der Waals surface area contributed by atoms with Crippen molar-refractivity contribution < 1.29 is 13.6 Å². The molecule has 6 heteroatoms. The van der Waals surface area contributed by atoms with Crippen molar-refractivity contribution in [3.8, 4) is 0 Å². The average molecular weight is 279 g/mol. The van der Waals surface area contributed by atoms with Gasteiger partial charge in [0.25, 0.3) is 0 Å². The number of benzene rings is 1. The van der Waals surface area contributed by atoms with Gasteiger partial charge in [-0.3, -0.25) is 4.79 Å². The van der Waals surface area contributed by atoms with Crippen LogP contribution in [0.1, 0.15) is 18.9 Å². The molecule has 0 unspecified atom stereocenters. The molecule has 0 aliphatic heterocycles. The van der Waals surface area contributed by atoms with Crippen molar-refractivity contribution in [2.45, 2.75) is 19.9 Å². The van der Waals surface area contributed by atoms with Crippen molar-refractivity contribution in [3.63, 3.8) is 0 Å². The number of carbonyl (C=O) groups excluding carboxylic acids is 1.